The zero-order valence-electron chi connectivity index (χ0n) is 15.9. The van der Waals surface area contributed by atoms with Crippen LogP contribution in [-0.4, -0.2) is 62.3 Å². The number of benzene rings is 1. The van der Waals surface area contributed by atoms with E-state index >= 15 is 0 Å². The molecule has 1 N–H and O–H groups in total. The van der Waals surface area contributed by atoms with Gasteiger partial charge < -0.3 is 10.2 Å². The SMILES string of the molecule is CC(C)N1CCC(CNC(=O)c2cc(S(=O)(=O)N3CCCC3)ccc2Br)C1. The molecule has 0 radical (unpaired) electrons. The van der Waals surface area contributed by atoms with Gasteiger partial charge in [-0.25, -0.2) is 8.42 Å². The average molecular weight is 458 g/mol. The Hall–Kier alpha value is -0.960. The molecular weight excluding hydrogens is 430 g/mol. The third kappa shape index (κ3) is 4.72. The zero-order valence-corrected chi connectivity index (χ0v) is 18.4. The first-order valence-electron chi connectivity index (χ1n) is 9.61. The lowest BCUT2D eigenvalue weighted by Gasteiger charge is -2.20. The summed E-state index contributed by atoms with van der Waals surface area (Å²) >= 11 is 3.39. The van der Waals surface area contributed by atoms with Gasteiger partial charge in [-0.3, -0.25) is 4.79 Å². The van der Waals surface area contributed by atoms with Gasteiger partial charge in [0.2, 0.25) is 10.0 Å². The predicted octanol–water partition coefficient (Wildman–Crippen LogP) is 2.69. The lowest BCUT2D eigenvalue weighted by atomic mass is 10.1. The fraction of sp³-hybridized carbons (Fsp3) is 0.632. The Kier molecular flexibility index (Phi) is 6.61. The number of nitrogens with zero attached hydrogens (tertiary/aromatic N) is 2. The second kappa shape index (κ2) is 8.59. The summed E-state index contributed by atoms with van der Waals surface area (Å²) in [5.41, 5.74) is 0.369. The van der Waals surface area contributed by atoms with Gasteiger partial charge in [-0.2, -0.15) is 4.31 Å². The van der Waals surface area contributed by atoms with Crippen molar-refractivity contribution in [2.24, 2.45) is 5.92 Å². The van der Waals surface area contributed by atoms with Gasteiger partial charge in [-0.1, -0.05) is 0 Å². The second-order valence-electron chi connectivity index (χ2n) is 7.71. The van der Waals surface area contributed by atoms with Crippen molar-refractivity contribution in [3.05, 3.63) is 28.2 Å². The summed E-state index contributed by atoms with van der Waals surface area (Å²) in [7, 11) is -3.53. The Bertz CT molecular complexity index is 791. The first-order valence-corrected chi connectivity index (χ1v) is 11.8. The van der Waals surface area contributed by atoms with Crippen LogP contribution in [0.1, 0.15) is 43.5 Å². The van der Waals surface area contributed by atoms with E-state index in [4.69, 9.17) is 0 Å². The van der Waals surface area contributed by atoms with Crippen LogP contribution in [0, 0.1) is 5.92 Å². The molecule has 8 heteroatoms. The monoisotopic (exact) mass is 457 g/mol. The quantitative estimate of drug-likeness (QED) is 0.712. The molecule has 0 aliphatic carbocycles. The number of carbonyl (C=O) groups is 1. The van der Waals surface area contributed by atoms with E-state index in [9.17, 15) is 13.2 Å². The van der Waals surface area contributed by atoms with Gasteiger partial charge in [-0.05, 0) is 79.7 Å². The molecule has 2 aliphatic heterocycles. The molecule has 1 aromatic carbocycles. The van der Waals surface area contributed by atoms with Crippen molar-refractivity contribution in [3.8, 4) is 0 Å². The molecule has 150 valence electrons. The number of carbonyl (C=O) groups excluding carboxylic acids is 1. The van der Waals surface area contributed by atoms with Crippen molar-refractivity contribution in [1.29, 1.82) is 0 Å². The van der Waals surface area contributed by atoms with Gasteiger partial charge in [-0.15, -0.1) is 0 Å². The van der Waals surface area contributed by atoms with Crippen molar-refractivity contribution in [2.75, 3.05) is 32.7 Å². The smallest absolute Gasteiger partial charge is 0.252 e. The number of halogens is 1. The molecule has 27 heavy (non-hydrogen) atoms. The lowest BCUT2D eigenvalue weighted by molar-refractivity contribution is 0.0946. The molecular formula is C19H28BrN3O3S. The molecule has 1 atom stereocenters. The van der Waals surface area contributed by atoms with Crippen molar-refractivity contribution in [1.82, 2.24) is 14.5 Å². The summed E-state index contributed by atoms with van der Waals surface area (Å²) in [6.45, 7) is 8.13. The topological polar surface area (TPSA) is 69.7 Å². The molecule has 0 aromatic heterocycles. The molecule has 0 saturated carbocycles. The molecule has 1 aromatic rings. The Morgan fingerprint density at radius 1 is 1.26 bits per heavy atom. The van der Waals surface area contributed by atoms with E-state index < -0.39 is 10.0 Å². The molecule has 2 fully saturated rings. The predicted molar refractivity (Wildman–Crippen MR) is 109 cm³/mol. The van der Waals surface area contributed by atoms with E-state index in [1.165, 1.54) is 10.4 Å². The van der Waals surface area contributed by atoms with E-state index in [2.05, 4.69) is 40.0 Å². The number of nitrogens with one attached hydrogen (secondary N) is 1. The number of hydrogen-bond donors (Lipinski definition) is 1. The van der Waals surface area contributed by atoms with Gasteiger partial charge >= 0.3 is 0 Å². The molecule has 0 bridgehead atoms. The zero-order chi connectivity index (χ0) is 19.6. The molecule has 2 heterocycles. The number of amides is 1. The van der Waals surface area contributed by atoms with E-state index in [1.54, 1.807) is 12.1 Å². The number of likely N-dealkylation sites (tertiary alicyclic amines) is 1. The highest BCUT2D eigenvalue weighted by Gasteiger charge is 2.29. The highest BCUT2D eigenvalue weighted by Crippen LogP contribution is 2.26. The first-order chi connectivity index (χ1) is 12.8. The molecule has 3 rings (SSSR count). The van der Waals surface area contributed by atoms with Crippen LogP contribution in [0.2, 0.25) is 0 Å². The maximum absolute atomic E-state index is 12.8. The van der Waals surface area contributed by atoms with Crippen LogP contribution >= 0.6 is 15.9 Å². The molecule has 1 amide bonds. The van der Waals surface area contributed by atoms with Crippen LogP contribution in [0.15, 0.2) is 27.6 Å². The van der Waals surface area contributed by atoms with Crippen molar-refractivity contribution in [3.63, 3.8) is 0 Å². The van der Waals surface area contributed by atoms with Gasteiger partial charge in [0.15, 0.2) is 0 Å². The van der Waals surface area contributed by atoms with Crippen LogP contribution in [-0.2, 0) is 10.0 Å². The highest BCUT2D eigenvalue weighted by molar-refractivity contribution is 9.10. The van der Waals surface area contributed by atoms with Gasteiger partial charge in [0.05, 0.1) is 10.5 Å². The Labute approximate surface area is 170 Å². The summed E-state index contributed by atoms with van der Waals surface area (Å²) in [6, 6.07) is 5.22. The minimum Gasteiger partial charge on any atom is -0.352 e. The Morgan fingerprint density at radius 2 is 1.96 bits per heavy atom. The maximum Gasteiger partial charge on any atom is 0.252 e. The fourth-order valence-corrected chi connectivity index (χ4v) is 5.72. The maximum atomic E-state index is 12.8. The minimum absolute atomic E-state index is 0.185. The molecule has 1 unspecified atom stereocenters. The minimum atomic E-state index is -3.53. The lowest BCUT2D eigenvalue weighted by Crippen LogP contribution is -2.33. The van der Waals surface area contributed by atoms with Gasteiger partial charge in [0, 0.05) is 36.7 Å². The van der Waals surface area contributed by atoms with Crippen LogP contribution in [0.5, 0.6) is 0 Å². The number of sulfonamides is 1. The van der Waals surface area contributed by atoms with Crippen LogP contribution < -0.4 is 5.32 Å². The van der Waals surface area contributed by atoms with Crippen molar-refractivity contribution < 1.29 is 13.2 Å². The summed E-state index contributed by atoms with van der Waals surface area (Å²) < 4.78 is 27.6. The second-order valence-corrected chi connectivity index (χ2v) is 10.5. The van der Waals surface area contributed by atoms with Gasteiger partial charge in [0.1, 0.15) is 0 Å². The van der Waals surface area contributed by atoms with E-state index in [0.29, 0.717) is 41.6 Å². The summed E-state index contributed by atoms with van der Waals surface area (Å²) in [5, 5.41) is 2.99. The van der Waals surface area contributed by atoms with Crippen LogP contribution in [0.25, 0.3) is 0 Å². The van der Waals surface area contributed by atoms with Crippen LogP contribution in [0.4, 0.5) is 0 Å². The van der Waals surface area contributed by atoms with E-state index in [-0.39, 0.29) is 10.8 Å². The van der Waals surface area contributed by atoms with Crippen molar-refractivity contribution >= 4 is 31.9 Å². The molecule has 2 aliphatic rings. The number of rotatable bonds is 6. The largest absolute Gasteiger partial charge is 0.352 e. The third-order valence-electron chi connectivity index (χ3n) is 5.48. The molecule has 0 spiro atoms. The molecule has 6 nitrogen and oxygen atoms in total. The standard InChI is InChI=1S/C19H28BrN3O3S/c1-14(2)22-10-7-15(13-22)12-21-19(24)17-11-16(5-6-18(17)20)27(25,26)23-8-3-4-9-23/h5-6,11,14-15H,3-4,7-10,12-13H2,1-2H3,(H,21,24). The normalized spacial score (nSPS) is 21.9. The summed E-state index contributed by atoms with van der Waals surface area (Å²) in [4.78, 5) is 15.3. The van der Waals surface area contributed by atoms with Crippen molar-refractivity contribution in [2.45, 2.75) is 44.0 Å². The Balaban J connectivity index is 1.68. The summed E-state index contributed by atoms with van der Waals surface area (Å²) in [5.74, 6) is 0.204. The fourth-order valence-electron chi connectivity index (χ4n) is 3.75. The molecule has 2 saturated heterocycles. The van der Waals surface area contributed by atoms with E-state index in [1.807, 2.05) is 0 Å². The van der Waals surface area contributed by atoms with Gasteiger partial charge in [0.25, 0.3) is 5.91 Å². The first kappa shape index (κ1) is 20.8. The Morgan fingerprint density at radius 3 is 2.59 bits per heavy atom. The highest BCUT2D eigenvalue weighted by atomic mass is 79.9. The van der Waals surface area contributed by atoms with E-state index in [0.717, 1.165) is 32.4 Å². The average Bonchev–Trinajstić information content (AvgIpc) is 3.32. The third-order valence-corrected chi connectivity index (χ3v) is 8.07. The number of hydrogen-bond acceptors (Lipinski definition) is 4. The summed E-state index contributed by atoms with van der Waals surface area (Å²) in [6.07, 6.45) is 2.85. The van der Waals surface area contributed by atoms with Crippen LogP contribution in [0.3, 0.4) is 0 Å².